The molecule has 1 heterocycles. The molecule has 1 N–H and O–H groups in total. The van der Waals surface area contributed by atoms with Gasteiger partial charge in [-0.2, -0.15) is 0 Å². The van der Waals surface area contributed by atoms with Gasteiger partial charge < -0.3 is 10.2 Å². The molecule has 0 radical (unpaired) electrons. The van der Waals surface area contributed by atoms with Crippen LogP contribution in [0.4, 0.5) is 5.95 Å². The molecule has 1 aromatic heterocycles. The van der Waals surface area contributed by atoms with Crippen LogP contribution in [0.15, 0.2) is 6.20 Å². The second-order valence-corrected chi connectivity index (χ2v) is 6.15. The zero-order chi connectivity index (χ0) is 14.5. The van der Waals surface area contributed by atoms with Crippen LogP contribution in [0.5, 0.6) is 0 Å². The third-order valence-electron chi connectivity index (χ3n) is 3.84. The first-order chi connectivity index (χ1) is 9.61. The van der Waals surface area contributed by atoms with E-state index < -0.39 is 0 Å². The quantitative estimate of drug-likeness (QED) is 0.741. The summed E-state index contributed by atoms with van der Waals surface area (Å²) >= 11 is 0. The van der Waals surface area contributed by atoms with Crippen molar-refractivity contribution in [2.24, 2.45) is 5.92 Å². The SMILES string of the molecule is CCCNCc1cnc(N(CC2CC2)C(C)C)nc1C. The van der Waals surface area contributed by atoms with Gasteiger partial charge in [0.05, 0.1) is 0 Å². The third-order valence-corrected chi connectivity index (χ3v) is 3.84. The van der Waals surface area contributed by atoms with Crippen molar-refractivity contribution in [3.05, 3.63) is 17.5 Å². The highest BCUT2D eigenvalue weighted by Crippen LogP contribution is 2.31. The Morgan fingerprint density at radius 2 is 2.15 bits per heavy atom. The van der Waals surface area contributed by atoms with Gasteiger partial charge in [0.15, 0.2) is 0 Å². The van der Waals surface area contributed by atoms with Gasteiger partial charge in [-0.25, -0.2) is 9.97 Å². The molecular weight excluding hydrogens is 248 g/mol. The van der Waals surface area contributed by atoms with Crippen molar-refractivity contribution in [3.8, 4) is 0 Å². The standard InChI is InChI=1S/C16H28N4/c1-5-8-17-9-15-10-18-16(19-13(15)4)20(12(2)3)11-14-6-7-14/h10,12,14,17H,5-9,11H2,1-4H3. The fourth-order valence-electron chi connectivity index (χ4n) is 2.29. The van der Waals surface area contributed by atoms with Crippen molar-refractivity contribution in [2.75, 3.05) is 18.0 Å². The van der Waals surface area contributed by atoms with Crippen molar-refractivity contribution in [3.63, 3.8) is 0 Å². The van der Waals surface area contributed by atoms with Gasteiger partial charge in [0, 0.05) is 36.6 Å². The van der Waals surface area contributed by atoms with Crippen LogP contribution in [0.2, 0.25) is 0 Å². The molecule has 1 aliphatic rings. The Hall–Kier alpha value is -1.16. The Morgan fingerprint density at radius 3 is 2.70 bits per heavy atom. The maximum Gasteiger partial charge on any atom is 0.225 e. The molecule has 1 fully saturated rings. The molecule has 20 heavy (non-hydrogen) atoms. The highest BCUT2D eigenvalue weighted by Gasteiger charge is 2.27. The van der Waals surface area contributed by atoms with Gasteiger partial charge in [0.25, 0.3) is 0 Å². The van der Waals surface area contributed by atoms with E-state index in [0.717, 1.165) is 43.6 Å². The summed E-state index contributed by atoms with van der Waals surface area (Å²) in [6.45, 7) is 11.7. The first kappa shape index (κ1) is 15.2. The number of anilines is 1. The summed E-state index contributed by atoms with van der Waals surface area (Å²) < 4.78 is 0. The molecular formula is C16H28N4. The molecule has 4 nitrogen and oxygen atoms in total. The lowest BCUT2D eigenvalue weighted by atomic mass is 10.2. The predicted octanol–water partition coefficient (Wildman–Crippen LogP) is 2.91. The van der Waals surface area contributed by atoms with Crippen molar-refractivity contribution in [1.82, 2.24) is 15.3 Å². The van der Waals surface area contributed by atoms with Gasteiger partial charge >= 0.3 is 0 Å². The monoisotopic (exact) mass is 276 g/mol. The zero-order valence-corrected chi connectivity index (χ0v) is 13.3. The Kier molecular flexibility index (Phi) is 5.35. The lowest BCUT2D eigenvalue weighted by Gasteiger charge is -2.27. The van der Waals surface area contributed by atoms with E-state index in [0.29, 0.717) is 6.04 Å². The van der Waals surface area contributed by atoms with Crippen molar-refractivity contribution in [2.45, 2.75) is 59.5 Å². The summed E-state index contributed by atoms with van der Waals surface area (Å²) in [4.78, 5) is 11.7. The summed E-state index contributed by atoms with van der Waals surface area (Å²) in [5.41, 5.74) is 2.30. The van der Waals surface area contributed by atoms with E-state index >= 15 is 0 Å². The summed E-state index contributed by atoms with van der Waals surface area (Å²) in [5.74, 6) is 1.75. The van der Waals surface area contributed by atoms with Gasteiger partial charge in [-0.3, -0.25) is 0 Å². The van der Waals surface area contributed by atoms with Gasteiger partial charge in [-0.05, 0) is 52.5 Å². The number of aromatic nitrogens is 2. The first-order valence-electron chi connectivity index (χ1n) is 7.91. The van der Waals surface area contributed by atoms with E-state index in [4.69, 9.17) is 4.98 Å². The highest BCUT2D eigenvalue weighted by atomic mass is 15.3. The number of hydrogen-bond donors (Lipinski definition) is 1. The molecule has 1 aliphatic carbocycles. The van der Waals surface area contributed by atoms with Crippen molar-refractivity contribution in [1.29, 1.82) is 0 Å². The zero-order valence-electron chi connectivity index (χ0n) is 13.3. The summed E-state index contributed by atoms with van der Waals surface area (Å²) in [6.07, 6.45) is 5.87. The molecule has 0 bridgehead atoms. The number of hydrogen-bond acceptors (Lipinski definition) is 4. The molecule has 2 rings (SSSR count). The molecule has 0 aromatic carbocycles. The molecule has 1 saturated carbocycles. The lowest BCUT2D eigenvalue weighted by molar-refractivity contribution is 0.622. The van der Waals surface area contributed by atoms with Crippen LogP contribution >= 0.6 is 0 Å². The Morgan fingerprint density at radius 1 is 1.40 bits per heavy atom. The van der Waals surface area contributed by atoms with Crippen LogP contribution in [0.3, 0.4) is 0 Å². The molecule has 0 atom stereocenters. The second-order valence-electron chi connectivity index (χ2n) is 6.15. The Bertz CT molecular complexity index is 426. The molecule has 4 heteroatoms. The molecule has 0 spiro atoms. The maximum atomic E-state index is 4.73. The fourth-order valence-corrected chi connectivity index (χ4v) is 2.29. The smallest absolute Gasteiger partial charge is 0.225 e. The maximum absolute atomic E-state index is 4.73. The van der Waals surface area contributed by atoms with Gasteiger partial charge in [-0.1, -0.05) is 6.92 Å². The molecule has 1 aromatic rings. The van der Waals surface area contributed by atoms with Crippen LogP contribution in [-0.2, 0) is 6.54 Å². The minimum Gasteiger partial charge on any atom is -0.338 e. The number of rotatable bonds is 8. The van der Waals surface area contributed by atoms with Crippen LogP contribution in [0.25, 0.3) is 0 Å². The highest BCUT2D eigenvalue weighted by molar-refractivity contribution is 5.34. The van der Waals surface area contributed by atoms with E-state index in [2.05, 4.69) is 42.9 Å². The van der Waals surface area contributed by atoms with Crippen LogP contribution in [0, 0.1) is 12.8 Å². The van der Waals surface area contributed by atoms with E-state index in [1.165, 1.54) is 18.4 Å². The molecule has 0 aliphatic heterocycles. The second kappa shape index (κ2) is 7.02. The Labute approximate surface area is 123 Å². The molecule has 0 unspecified atom stereocenters. The number of aryl methyl sites for hydroxylation is 1. The van der Waals surface area contributed by atoms with Crippen LogP contribution in [0.1, 0.15) is 51.3 Å². The summed E-state index contributed by atoms with van der Waals surface area (Å²) in [7, 11) is 0. The molecule has 112 valence electrons. The van der Waals surface area contributed by atoms with Crippen molar-refractivity contribution >= 4 is 5.95 Å². The minimum atomic E-state index is 0.457. The average Bonchev–Trinajstić information content (AvgIpc) is 3.22. The Balaban J connectivity index is 2.05. The number of nitrogens with zero attached hydrogens (tertiary/aromatic N) is 3. The number of nitrogens with one attached hydrogen (secondary N) is 1. The average molecular weight is 276 g/mol. The van der Waals surface area contributed by atoms with Gasteiger partial charge in [0.2, 0.25) is 5.95 Å². The molecule has 0 amide bonds. The van der Waals surface area contributed by atoms with Gasteiger partial charge in [-0.15, -0.1) is 0 Å². The largest absolute Gasteiger partial charge is 0.338 e. The van der Waals surface area contributed by atoms with E-state index in [-0.39, 0.29) is 0 Å². The summed E-state index contributed by atoms with van der Waals surface area (Å²) in [6, 6.07) is 0.457. The first-order valence-corrected chi connectivity index (χ1v) is 7.91. The normalized spacial score (nSPS) is 14.8. The van der Waals surface area contributed by atoms with E-state index in [9.17, 15) is 0 Å². The van der Waals surface area contributed by atoms with E-state index in [1.54, 1.807) is 0 Å². The van der Waals surface area contributed by atoms with E-state index in [1.807, 2.05) is 6.20 Å². The van der Waals surface area contributed by atoms with Gasteiger partial charge in [0.1, 0.15) is 0 Å². The topological polar surface area (TPSA) is 41.1 Å². The van der Waals surface area contributed by atoms with Crippen molar-refractivity contribution < 1.29 is 0 Å². The predicted molar refractivity (Wildman–Crippen MR) is 84.0 cm³/mol. The lowest BCUT2D eigenvalue weighted by Crippen LogP contribution is -2.34. The molecule has 0 saturated heterocycles. The summed E-state index contributed by atoms with van der Waals surface area (Å²) in [5, 5.41) is 3.41. The third kappa shape index (κ3) is 4.17. The minimum absolute atomic E-state index is 0.457. The van der Waals surface area contributed by atoms with Crippen LogP contribution in [-0.4, -0.2) is 29.1 Å². The fraction of sp³-hybridized carbons (Fsp3) is 0.750. The van der Waals surface area contributed by atoms with Crippen LogP contribution < -0.4 is 10.2 Å².